The molecule has 5 nitrogen and oxygen atoms in total. The van der Waals surface area contributed by atoms with Gasteiger partial charge in [-0.1, -0.05) is 36.7 Å². The van der Waals surface area contributed by atoms with Gasteiger partial charge in [-0.25, -0.2) is 8.42 Å². The van der Waals surface area contributed by atoms with Gasteiger partial charge in [0.1, 0.15) is 11.5 Å². The summed E-state index contributed by atoms with van der Waals surface area (Å²) in [6, 6.07) is 7.94. The highest BCUT2D eigenvalue weighted by molar-refractivity contribution is 7.89. The van der Waals surface area contributed by atoms with Crippen LogP contribution in [0.15, 0.2) is 39.8 Å². The van der Waals surface area contributed by atoms with Crippen molar-refractivity contribution in [2.45, 2.75) is 43.5 Å². The lowest BCUT2D eigenvalue weighted by Gasteiger charge is -2.22. The normalized spacial score (nSPS) is 19.6. The Morgan fingerprint density at radius 1 is 1.35 bits per heavy atom. The highest BCUT2D eigenvalue weighted by Crippen LogP contribution is 2.37. The summed E-state index contributed by atoms with van der Waals surface area (Å²) in [5.74, 6) is 0.989. The van der Waals surface area contributed by atoms with Gasteiger partial charge in [-0.05, 0) is 31.0 Å². The standard InChI is InChI=1S/C16H19ClN2O3S/c1-11(2)16-10-14(18-22-16)15-7-4-8-19(15)23(20,21)13-6-3-5-12(17)9-13/h3,5-6,9-11,15H,4,7-8H2,1-2H3/t15-/m1/s1. The molecule has 1 aliphatic rings. The van der Waals surface area contributed by atoms with Crippen LogP contribution in [0, 0.1) is 0 Å². The number of benzene rings is 1. The van der Waals surface area contributed by atoms with Crippen LogP contribution in [0.3, 0.4) is 0 Å². The second-order valence-corrected chi connectivity index (χ2v) is 8.37. The fraction of sp³-hybridized carbons (Fsp3) is 0.438. The average Bonchev–Trinajstić information content (AvgIpc) is 3.16. The summed E-state index contributed by atoms with van der Waals surface area (Å²) in [6.07, 6.45) is 1.54. The number of aromatic nitrogens is 1. The van der Waals surface area contributed by atoms with Gasteiger partial charge in [0, 0.05) is 23.6 Å². The monoisotopic (exact) mass is 354 g/mol. The first-order valence-electron chi connectivity index (χ1n) is 7.63. The molecule has 1 atom stereocenters. The summed E-state index contributed by atoms with van der Waals surface area (Å²) in [6.45, 7) is 4.50. The van der Waals surface area contributed by atoms with E-state index in [1.807, 2.05) is 19.9 Å². The quantitative estimate of drug-likeness (QED) is 0.833. The van der Waals surface area contributed by atoms with Crippen molar-refractivity contribution in [3.63, 3.8) is 0 Å². The second kappa shape index (κ2) is 6.26. The molecular weight excluding hydrogens is 336 g/mol. The van der Waals surface area contributed by atoms with Crippen LogP contribution in [0.2, 0.25) is 5.02 Å². The molecule has 1 aliphatic heterocycles. The number of sulfonamides is 1. The summed E-state index contributed by atoms with van der Waals surface area (Å²) in [5, 5.41) is 4.49. The molecule has 0 spiro atoms. The van der Waals surface area contributed by atoms with Gasteiger partial charge in [0.05, 0.1) is 10.9 Å². The third-order valence-corrected chi connectivity index (χ3v) is 6.20. The molecule has 0 amide bonds. The predicted octanol–water partition coefficient (Wildman–Crippen LogP) is 3.98. The van der Waals surface area contributed by atoms with Gasteiger partial charge in [-0.3, -0.25) is 0 Å². The van der Waals surface area contributed by atoms with Gasteiger partial charge in [0.15, 0.2) is 0 Å². The fourth-order valence-electron chi connectivity index (χ4n) is 2.82. The third-order valence-electron chi connectivity index (χ3n) is 4.06. The molecule has 1 aromatic heterocycles. The SMILES string of the molecule is CC(C)c1cc([C@H]2CCCN2S(=O)(=O)c2cccc(Cl)c2)no1. The average molecular weight is 355 g/mol. The Morgan fingerprint density at radius 2 is 2.13 bits per heavy atom. The minimum Gasteiger partial charge on any atom is -0.361 e. The van der Waals surface area contributed by atoms with Crippen molar-refractivity contribution in [3.8, 4) is 0 Å². The molecule has 23 heavy (non-hydrogen) atoms. The Kier molecular flexibility index (Phi) is 4.49. The van der Waals surface area contributed by atoms with Gasteiger partial charge in [-0.2, -0.15) is 4.31 Å². The van der Waals surface area contributed by atoms with E-state index in [0.717, 1.165) is 18.6 Å². The number of nitrogens with zero attached hydrogens (tertiary/aromatic N) is 2. The summed E-state index contributed by atoms with van der Waals surface area (Å²) < 4.78 is 32.7. The Balaban J connectivity index is 1.94. The Labute approximate surface area is 141 Å². The highest BCUT2D eigenvalue weighted by Gasteiger charge is 2.38. The van der Waals surface area contributed by atoms with Crippen LogP contribution in [0.25, 0.3) is 0 Å². The predicted molar refractivity (Wildman–Crippen MR) is 87.9 cm³/mol. The van der Waals surface area contributed by atoms with Crippen molar-refractivity contribution in [1.29, 1.82) is 0 Å². The second-order valence-electron chi connectivity index (χ2n) is 6.04. The van der Waals surface area contributed by atoms with Gasteiger partial charge in [0.25, 0.3) is 0 Å². The van der Waals surface area contributed by atoms with Gasteiger partial charge >= 0.3 is 0 Å². The molecule has 7 heteroatoms. The minimum absolute atomic E-state index is 0.212. The van der Waals surface area contributed by atoms with Crippen LogP contribution in [0.4, 0.5) is 0 Å². The molecule has 0 N–H and O–H groups in total. The van der Waals surface area contributed by atoms with Crippen molar-refractivity contribution in [2.24, 2.45) is 0 Å². The van der Waals surface area contributed by atoms with Crippen LogP contribution < -0.4 is 0 Å². The Bertz CT molecular complexity index is 801. The lowest BCUT2D eigenvalue weighted by Crippen LogP contribution is -2.30. The molecule has 1 aromatic carbocycles. The van der Waals surface area contributed by atoms with E-state index < -0.39 is 10.0 Å². The molecule has 3 rings (SSSR count). The van der Waals surface area contributed by atoms with Crippen molar-refractivity contribution in [3.05, 3.63) is 46.8 Å². The van der Waals surface area contributed by atoms with Crippen molar-refractivity contribution in [1.82, 2.24) is 9.46 Å². The largest absolute Gasteiger partial charge is 0.361 e. The van der Waals surface area contributed by atoms with E-state index in [4.69, 9.17) is 16.1 Å². The van der Waals surface area contributed by atoms with Gasteiger partial charge in [0.2, 0.25) is 10.0 Å². The smallest absolute Gasteiger partial charge is 0.243 e. The molecule has 0 saturated carbocycles. The van der Waals surface area contributed by atoms with E-state index in [2.05, 4.69) is 5.16 Å². The number of halogens is 1. The van der Waals surface area contributed by atoms with Crippen LogP contribution >= 0.6 is 11.6 Å². The van der Waals surface area contributed by atoms with Crippen molar-refractivity contribution >= 4 is 21.6 Å². The van der Waals surface area contributed by atoms with E-state index in [1.54, 1.807) is 18.2 Å². The fourth-order valence-corrected chi connectivity index (χ4v) is 4.79. The molecule has 124 valence electrons. The van der Waals surface area contributed by atoms with Crippen molar-refractivity contribution < 1.29 is 12.9 Å². The summed E-state index contributed by atoms with van der Waals surface area (Å²) in [7, 11) is -3.60. The molecule has 0 aliphatic carbocycles. The number of hydrogen-bond acceptors (Lipinski definition) is 4. The summed E-state index contributed by atoms with van der Waals surface area (Å²) >= 11 is 5.94. The molecule has 0 unspecified atom stereocenters. The maximum absolute atomic E-state index is 12.9. The zero-order valence-corrected chi connectivity index (χ0v) is 14.6. The first-order chi connectivity index (χ1) is 10.9. The van der Waals surface area contributed by atoms with E-state index >= 15 is 0 Å². The van der Waals surface area contributed by atoms with E-state index in [-0.39, 0.29) is 16.9 Å². The molecule has 0 radical (unpaired) electrons. The van der Waals surface area contributed by atoms with E-state index in [1.165, 1.54) is 10.4 Å². The van der Waals surface area contributed by atoms with Gasteiger partial charge < -0.3 is 4.52 Å². The third kappa shape index (κ3) is 3.16. The van der Waals surface area contributed by atoms with Crippen LogP contribution in [-0.2, 0) is 10.0 Å². The minimum atomic E-state index is -3.60. The summed E-state index contributed by atoms with van der Waals surface area (Å²) in [5.41, 5.74) is 0.678. The maximum Gasteiger partial charge on any atom is 0.243 e. The number of rotatable bonds is 4. The summed E-state index contributed by atoms with van der Waals surface area (Å²) in [4.78, 5) is 0.212. The van der Waals surface area contributed by atoms with Gasteiger partial charge in [-0.15, -0.1) is 0 Å². The zero-order chi connectivity index (χ0) is 16.6. The molecule has 2 aromatic rings. The maximum atomic E-state index is 12.9. The molecule has 0 bridgehead atoms. The Hall–Kier alpha value is -1.37. The topological polar surface area (TPSA) is 63.4 Å². The van der Waals surface area contributed by atoms with Crippen LogP contribution in [0.5, 0.6) is 0 Å². The first kappa shape index (κ1) is 16.5. The van der Waals surface area contributed by atoms with Crippen LogP contribution in [-0.4, -0.2) is 24.4 Å². The van der Waals surface area contributed by atoms with E-state index in [9.17, 15) is 8.42 Å². The highest BCUT2D eigenvalue weighted by atomic mass is 35.5. The molecular formula is C16H19ClN2O3S. The van der Waals surface area contributed by atoms with Crippen LogP contribution in [0.1, 0.15) is 50.1 Å². The molecule has 1 saturated heterocycles. The van der Waals surface area contributed by atoms with Crippen molar-refractivity contribution in [2.75, 3.05) is 6.54 Å². The number of hydrogen-bond donors (Lipinski definition) is 0. The molecule has 1 fully saturated rings. The first-order valence-corrected chi connectivity index (χ1v) is 9.45. The lowest BCUT2D eigenvalue weighted by atomic mass is 10.1. The molecule has 2 heterocycles. The Morgan fingerprint density at radius 3 is 2.78 bits per heavy atom. The van der Waals surface area contributed by atoms with E-state index in [0.29, 0.717) is 17.3 Å². The lowest BCUT2D eigenvalue weighted by molar-refractivity contribution is 0.338. The zero-order valence-electron chi connectivity index (χ0n) is 13.1.